The molecule has 0 radical (unpaired) electrons. The number of benzene rings is 2. The van der Waals surface area contributed by atoms with Crippen molar-refractivity contribution >= 4 is 46.5 Å². The number of anilines is 1. The maximum Gasteiger partial charge on any atom is 0.330 e. The van der Waals surface area contributed by atoms with Crippen LogP contribution in [-0.2, 0) is 17.9 Å². The zero-order valence-electron chi connectivity index (χ0n) is 16.7. The van der Waals surface area contributed by atoms with E-state index in [0.29, 0.717) is 22.2 Å². The molecule has 1 aromatic heterocycles. The maximum absolute atomic E-state index is 12.9. The van der Waals surface area contributed by atoms with Gasteiger partial charge in [-0.1, -0.05) is 53.0 Å². The molecule has 2 aromatic carbocycles. The van der Waals surface area contributed by atoms with Crippen molar-refractivity contribution in [1.82, 2.24) is 9.78 Å². The van der Waals surface area contributed by atoms with Crippen LogP contribution in [-0.4, -0.2) is 34.6 Å². The Labute approximate surface area is 201 Å². The van der Waals surface area contributed by atoms with Gasteiger partial charge in [0.25, 0.3) is 5.91 Å². The van der Waals surface area contributed by atoms with Gasteiger partial charge in [0.1, 0.15) is 11.6 Å². The number of nitrogens with one attached hydrogen (secondary N) is 1. The van der Waals surface area contributed by atoms with Crippen LogP contribution in [0.5, 0.6) is 0 Å². The quantitative estimate of drug-likeness (QED) is 0.323. The Morgan fingerprint density at radius 3 is 2.52 bits per heavy atom. The van der Waals surface area contributed by atoms with Gasteiger partial charge in [-0.2, -0.15) is 13.9 Å². The maximum atomic E-state index is 12.9. The molecule has 0 saturated carbocycles. The van der Waals surface area contributed by atoms with Crippen molar-refractivity contribution in [3.05, 3.63) is 80.4 Å². The number of aromatic nitrogens is 2. The fourth-order valence-electron chi connectivity index (χ4n) is 2.74. The zero-order valence-corrected chi connectivity index (χ0v) is 18.9. The molecule has 176 valence electrons. The van der Waals surface area contributed by atoms with E-state index >= 15 is 0 Å². The van der Waals surface area contributed by atoms with E-state index in [0.717, 1.165) is 5.56 Å². The highest BCUT2D eigenvalue weighted by Gasteiger charge is 2.40. The third kappa shape index (κ3) is 6.83. The van der Waals surface area contributed by atoms with E-state index in [1.54, 1.807) is 18.2 Å². The number of amides is 1. The summed E-state index contributed by atoms with van der Waals surface area (Å²) in [7, 11) is 0. The molecule has 33 heavy (non-hydrogen) atoms. The average molecular weight is 525 g/mol. The standard InChI is InChI=1S/C21H16Cl3F4N3O2/c22-15-5-4-12(7-16(15)23)8-31-9-17(24)18(30-31)29-19(32)14-3-1-2-13(6-14)10-33-11-21(27,28)20(25)26/h1-7,9,20H,8,10-11H2,(H,29,30,32). The van der Waals surface area contributed by atoms with E-state index in [4.69, 9.17) is 34.8 Å². The Hall–Kier alpha value is -2.33. The van der Waals surface area contributed by atoms with Crippen LogP contribution in [0.2, 0.25) is 15.1 Å². The first-order valence-corrected chi connectivity index (χ1v) is 10.5. The summed E-state index contributed by atoms with van der Waals surface area (Å²) in [5, 5.41) is 7.80. The molecule has 3 rings (SSSR count). The van der Waals surface area contributed by atoms with Gasteiger partial charge >= 0.3 is 12.3 Å². The normalized spacial score (nSPS) is 11.8. The summed E-state index contributed by atoms with van der Waals surface area (Å²) in [5.74, 6) is -4.70. The predicted molar refractivity (Wildman–Crippen MR) is 118 cm³/mol. The Morgan fingerprint density at radius 1 is 1.06 bits per heavy atom. The van der Waals surface area contributed by atoms with Gasteiger partial charge in [-0.05, 0) is 35.4 Å². The van der Waals surface area contributed by atoms with E-state index < -0.39 is 24.9 Å². The predicted octanol–water partition coefficient (Wildman–Crippen LogP) is 6.56. The molecular weight excluding hydrogens is 509 g/mol. The monoisotopic (exact) mass is 523 g/mol. The summed E-state index contributed by atoms with van der Waals surface area (Å²) < 4.78 is 56.4. The van der Waals surface area contributed by atoms with Crippen LogP contribution in [0.25, 0.3) is 0 Å². The molecule has 1 heterocycles. The lowest BCUT2D eigenvalue weighted by molar-refractivity contribution is -0.168. The topological polar surface area (TPSA) is 56.2 Å². The number of nitrogens with zero attached hydrogens (tertiary/aromatic N) is 2. The van der Waals surface area contributed by atoms with E-state index in [1.807, 2.05) is 0 Å². The molecule has 5 nitrogen and oxygen atoms in total. The summed E-state index contributed by atoms with van der Waals surface area (Å²) in [4.78, 5) is 12.6. The molecule has 0 saturated heterocycles. The third-order valence-corrected chi connectivity index (χ3v) is 5.36. The second kappa shape index (κ2) is 10.7. The van der Waals surface area contributed by atoms with E-state index in [2.05, 4.69) is 15.2 Å². The van der Waals surface area contributed by atoms with Crippen LogP contribution in [0.1, 0.15) is 21.5 Å². The molecule has 3 aromatic rings. The molecule has 12 heteroatoms. The Kier molecular flexibility index (Phi) is 8.23. The Morgan fingerprint density at radius 2 is 1.82 bits per heavy atom. The van der Waals surface area contributed by atoms with Gasteiger partial charge in [0.15, 0.2) is 5.82 Å². The first-order chi connectivity index (χ1) is 15.5. The zero-order chi connectivity index (χ0) is 24.2. The number of ether oxygens (including phenoxy) is 1. The van der Waals surface area contributed by atoms with Gasteiger partial charge in [-0.3, -0.25) is 9.48 Å². The van der Waals surface area contributed by atoms with Gasteiger partial charge in [0.05, 0.1) is 23.2 Å². The molecule has 0 bridgehead atoms. The molecule has 1 N–H and O–H groups in total. The van der Waals surface area contributed by atoms with Crippen LogP contribution in [0.15, 0.2) is 48.7 Å². The molecule has 1 amide bonds. The molecule has 0 spiro atoms. The fraction of sp³-hybridized carbons (Fsp3) is 0.238. The largest absolute Gasteiger partial charge is 0.370 e. The number of halogens is 7. The summed E-state index contributed by atoms with van der Waals surface area (Å²) in [6, 6.07) is 11.0. The van der Waals surface area contributed by atoms with Crippen molar-refractivity contribution in [1.29, 1.82) is 0 Å². The van der Waals surface area contributed by atoms with Crippen LogP contribution in [0.3, 0.4) is 0 Å². The van der Waals surface area contributed by atoms with Crippen molar-refractivity contribution in [2.24, 2.45) is 0 Å². The third-order valence-electron chi connectivity index (χ3n) is 4.35. The minimum Gasteiger partial charge on any atom is -0.370 e. The Balaban J connectivity index is 1.63. The van der Waals surface area contributed by atoms with Gasteiger partial charge in [0, 0.05) is 11.8 Å². The molecular formula is C21H16Cl3F4N3O2. The van der Waals surface area contributed by atoms with Gasteiger partial charge in [0.2, 0.25) is 0 Å². The second-order valence-corrected chi connectivity index (χ2v) is 8.20. The van der Waals surface area contributed by atoms with Crippen molar-refractivity contribution < 1.29 is 27.1 Å². The first kappa shape index (κ1) is 25.3. The summed E-state index contributed by atoms with van der Waals surface area (Å²) in [6.45, 7) is -1.49. The highest BCUT2D eigenvalue weighted by atomic mass is 35.5. The number of carbonyl (C=O) groups excluding carboxylic acids is 1. The number of hydrogen-bond acceptors (Lipinski definition) is 3. The molecule has 0 fully saturated rings. The van der Waals surface area contributed by atoms with Crippen molar-refractivity contribution in [2.75, 3.05) is 11.9 Å². The summed E-state index contributed by atoms with van der Waals surface area (Å²) in [6.07, 6.45) is -2.30. The lowest BCUT2D eigenvalue weighted by Gasteiger charge is -2.15. The lowest BCUT2D eigenvalue weighted by atomic mass is 10.1. The van der Waals surface area contributed by atoms with Gasteiger partial charge < -0.3 is 10.1 Å². The number of hydrogen-bond donors (Lipinski definition) is 1. The number of carbonyl (C=O) groups is 1. The minimum atomic E-state index is -4.25. The lowest BCUT2D eigenvalue weighted by Crippen LogP contribution is -2.32. The van der Waals surface area contributed by atoms with E-state index in [-0.39, 0.29) is 23.0 Å². The van der Waals surface area contributed by atoms with E-state index in [1.165, 1.54) is 35.1 Å². The van der Waals surface area contributed by atoms with Crippen LogP contribution in [0, 0.1) is 0 Å². The van der Waals surface area contributed by atoms with Gasteiger partial charge in [-0.25, -0.2) is 8.78 Å². The fourth-order valence-corrected chi connectivity index (χ4v) is 3.26. The Bertz CT molecular complexity index is 1140. The second-order valence-electron chi connectivity index (χ2n) is 6.98. The number of rotatable bonds is 9. The molecule has 0 aliphatic rings. The molecule has 0 aliphatic carbocycles. The smallest absolute Gasteiger partial charge is 0.330 e. The van der Waals surface area contributed by atoms with E-state index in [9.17, 15) is 22.4 Å². The highest BCUT2D eigenvalue weighted by molar-refractivity contribution is 6.42. The van der Waals surface area contributed by atoms with Crippen molar-refractivity contribution in [3.8, 4) is 0 Å². The number of alkyl halides is 4. The molecule has 0 aliphatic heterocycles. The van der Waals surface area contributed by atoms with Crippen LogP contribution < -0.4 is 5.32 Å². The van der Waals surface area contributed by atoms with Crippen LogP contribution in [0.4, 0.5) is 23.4 Å². The minimum absolute atomic E-state index is 0.111. The summed E-state index contributed by atoms with van der Waals surface area (Å²) >= 11 is 18.1. The van der Waals surface area contributed by atoms with Crippen molar-refractivity contribution in [2.45, 2.75) is 25.5 Å². The first-order valence-electron chi connectivity index (χ1n) is 9.36. The molecule has 0 unspecified atom stereocenters. The highest BCUT2D eigenvalue weighted by Crippen LogP contribution is 2.25. The SMILES string of the molecule is O=C(Nc1nn(Cc2ccc(Cl)c(Cl)c2)cc1Cl)c1cccc(COCC(F)(F)C(F)F)c1. The molecule has 0 atom stereocenters. The van der Waals surface area contributed by atoms with Crippen molar-refractivity contribution in [3.63, 3.8) is 0 Å². The van der Waals surface area contributed by atoms with Gasteiger partial charge in [-0.15, -0.1) is 0 Å². The summed E-state index contributed by atoms with van der Waals surface area (Å²) in [5.41, 5.74) is 1.34. The average Bonchev–Trinajstić information content (AvgIpc) is 3.09. The van der Waals surface area contributed by atoms with Crippen LogP contribution >= 0.6 is 34.8 Å².